The Morgan fingerprint density at radius 1 is 1.29 bits per heavy atom. The van der Waals surface area contributed by atoms with Crippen LogP contribution in [0.15, 0.2) is 23.5 Å². The molecule has 0 saturated heterocycles. The third-order valence-corrected chi connectivity index (χ3v) is 1.71. The van der Waals surface area contributed by atoms with Crippen LogP contribution in [0.2, 0.25) is 0 Å². The summed E-state index contributed by atoms with van der Waals surface area (Å²) in [4.78, 5) is 22.0. The molecule has 0 radical (unpaired) electrons. The largest absolute Gasteiger partial charge is 0.478 e. The molecule has 0 aromatic heterocycles. The van der Waals surface area contributed by atoms with Gasteiger partial charge in [-0.25, -0.2) is 14.0 Å². The normalized spacial score (nSPS) is 15.9. The molecule has 0 aliphatic carbocycles. The van der Waals surface area contributed by atoms with E-state index in [9.17, 15) is 14.0 Å². The third kappa shape index (κ3) is 2.09. The van der Waals surface area contributed by atoms with Gasteiger partial charge in [-0.1, -0.05) is 0 Å². The van der Waals surface area contributed by atoms with E-state index in [0.29, 0.717) is 0 Å². The van der Waals surface area contributed by atoms with Crippen LogP contribution in [-0.2, 0) is 9.59 Å². The minimum absolute atomic E-state index is 0.137. The highest BCUT2D eigenvalue weighted by Gasteiger charge is 2.20. The fourth-order valence-electron chi connectivity index (χ4n) is 1.06. The van der Waals surface area contributed by atoms with Gasteiger partial charge in [-0.05, 0) is 0 Å². The lowest BCUT2D eigenvalue weighted by molar-refractivity contribution is -0.133. The second kappa shape index (κ2) is 3.91. The summed E-state index contributed by atoms with van der Waals surface area (Å²) in [7, 11) is 0. The Morgan fingerprint density at radius 2 is 1.71 bits per heavy atom. The van der Waals surface area contributed by atoms with Gasteiger partial charge in [0.25, 0.3) is 0 Å². The van der Waals surface area contributed by atoms with E-state index in [1.807, 2.05) is 0 Å². The van der Waals surface area contributed by atoms with Gasteiger partial charge in [0.2, 0.25) is 0 Å². The Hall–Kier alpha value is -1.85. The van der Waals surface area contributed by atoms with Crippen LogP contribution in [0.3, 0.4) is 0 Å². The Bertz CT molecular complexity index is 304. The van der Waals surface area contributed by atoms with Gasteiger partial charge in [-0.2, -0.15) is 0 Å². The van der Waals surface area contributed by atoms with Crippen LogP contribution in [0.1, 0.15) is 6.42 Å². The summed E-state index contributed by atoms with van der Waals surface area (Å²) in [5, 5.41) is 17.2. The maximum Gasteiger partial charge on any atom is 0.333 e. The SMILES string of the molecule is O=C(O)C1=CN(CF)C=C(C(=O)O)C1. The summed E-state index contributed by atoms with van der Waals surface area (Å²) in [6.45, 7) is -0.951. The molecule has 0 aromatic carbocycles. The molecular weight excluding hydrogens is 193 g/mol. The fraction of sp³-hybridized carbons (Fsp3) is 0.250. The van der Waals surface area contributed by atoms with Gasteiger partial charge in [-0.15, -0.1) is 0 Å². The molecule has 0 amide bonds. The number of carboxylic acids is 2. The Morgan fingerprint density at radius 3 is 2.00 bits per heavy atom. The molecule has 0 atom stereocenters. The second-order valence-corrected chi connectivity index (χ2v) is 2.73. The molecule has 0 fully saturated rings. The molecule has 14 heavy (non-hydrogen) atoms. The summed E-state index contributed by atoms with van der Waals surface area (Å²) in [5.74, 6) is -2.48. The molecule has 1 rings (SSSR count). The van der Waals surface area contributed by atoms with Crippen LogP contribution in [-0.4, -0.2) is 33.9 Å². The standard InChI is InChI=1S/C8H8FNO4/c9-4-10-2-5(7(11)12)1-6(3-10)8(13)14/h2-3H,1,4H2,(H,11,12)(H,13,14). The van der Waals surface area contributed by atoms with Crippen molar-refractivity contribution in [2.24, 2.45) is 0 Å². The smallest absolute Gasteiger partial charge is 0.333 e. The van der Waals surface area contributed by atoms with E-state index in [-0.39, 0.29) is 17.6 Å². The number of nitrogens with zero attached hydrogens (tertiary/aromatic N) is 1. The zero-order valence-corrected chi connectivity index (χ0v) is 7.11. The van der Waals surface area contributed by atoms with Gasteiger partial charge in [0.15, 0.2) is 6.80 Å². The van der Waals surface area contributed by atoms with Crippen LogP contribution in [0.25, 0.3) is 0 Å². The van der Waals surface area contributed by atoms with E-state index in [0.717, 1.165) is 17.3 Å². The van der Waals surface area contributed by atoms with Gasteiger partial charge >= 0.3 is 11.9 Å². The number of carboxylic acid groups (broad SMARTS) is 2. The average Bonchev–Trinajstić information content (AvgIpc) is 2.16. The van der Waals surface area contributed by atoms with Crippen molar-refractivity contribution in [1.29, 1.82) is 0 Å². The first kappa shape index (κ1) is 10.2. The number of aliphatic carboxylic acids is 2. The molecule has 5 nitrogen and oxygen atoms in total. The maximum atomic E-state index is 12.2. The average molecular weight is 201 g/mol. The third-order valence-electron chi connectivity index (χ3n) is 1.71. The number of halogens is 1. The number of hydrogen-bond acceptors (Lipinski definition) is 3. The number of carbonyl (C=O) groups is 2. The van der Waals surface area contributed by atoms with Crippen molar-refractivity contribution in [3.05, 3.63) is 23.5 Å². The van der Waals surface area contributed by atoms with Gasteiger partial charge < -0.3 is 15.1 Å². The lowest BCUT2D eigenvalue weighted by Crippen LogP contribution is -2.20. The molecule has 2 N–H and O–H groups in total. The van der Waals surface area contributed by atoms with E-state index in [1.54, 1.807) is 0 Å². The monoisotopic (exact) mass is 201 g/mol. The van der Waals surface area contributed by atoms with Crippen LogP contribution in [0.4, 0.5) is 4.39 Å². The number of hydrogen-bond donors (Lipinski definition) is 2. The van der Waals surface area contributed by atoms with Crippen molar-refractivity contribution in [3.63, 3.8) is 0 Å². The van der Waals surface area contributed by atoms with Crippen LogP contribution in [0.5, 0.6) is 0 Å². The van der Waals surface area contributed by atoms with Crippen molar-refractivity contribution in [2.75, 3.05) is 6.80 Å². The van der Waals surface area contributed by atoms with Crippen molar-refractivity contribution >= 4 is 11.9 Å². The van der Waals surface area contributed by atoms with Crippen molar-refractivity contribution in [1.82, 2.24) is 4.90 Å². The van der Waals surface area contributed by atoms with Gasteiger partial charge in [0, 0.05) is 18.8 Å². The first-order chi connectivity index (χ1) is 6.54. The molecule has 0 bridgehead atoms. The van der Waals surface area contributed by atoms with Crippen molar-refractivity contribution < 1.29 is 24.2 Å². The second-order valence-electron chi connectivity index (χ2n) is 2.73. The van der Waals surface area contributed by atoms with Crippen LogP contribution < -0.4 is 0 Å². The van der Waals surface area contributed by atoms with E-state index in [2.05, 4.69) is 0 Å². The molecule has 0 saturated carbocycles. The highest BCUT2D eigenvalue weighted by molar-refractivity contribution is 5.93. The van der Waals surface area contributed by atoms with E-state index < -0.39 is 18.7 Å². The molecule has 1 heterocycles. The molecular formula is C8H8FNO4. The summed E-state index contributed by atoms with van der Waals surface area (Å²) < 4.78 is 12.2. The summed E-state index contributed by atoms with van der Waals surface area (Å²) in [5.41, 5.74) is -0.273. The first-order valence-electron chi connectivity index (χ1n) is 3.74. The summed E-state index contributed by atoms with van der Waals surface area (Å²) in [6.07, 6.45) is 1.96. The highest BCUT2D eigenvalue weighted by Crippen LogP contribution is 2.19. The number of alkyl halides is 1. The lowest BCUT2D eigenvalue weighted by Gasteiger charge is -2.18. The highest BCUT2D eigenvalue weighted by atomic mass is 19.1. The lowest BCUT2D eigenvalue weighted by atomic mass is 10.0. The summed E-state index contributed by atoms with van der Waals surface area (Å²) in [6, 6.07) is 0. The fourth-order valence-corrected chi connectivity index (χ4v) is 1.06. The number of rotatable bonds is 3. The van der Waals surface area contributed by atoms with E-state index in [4.69, 9.17) is 10.2 Å². The predicted octanol–water partition coefficient (Wildman–Crippen LogP) is 0.556. The Balaban J connectivity index is 2.92. The zero-order valence-electron chi connectivity index (χ0n) is 7.11. The molecule has 0 aromatic rings. The van der Waals surface area contributed by atoms with Gasteiger partial charge in [-0.3, -0.25) is 0 Å². The minimum Gasteiger partial charge on any atom is -0.478 e. The molecule has 76 valence electrons. The molecule has 1 aliphatic heterocycles. The molecule has 0 spiro atoms. The van der Waals surface area contributed by atoms with Gasteiger partial charge in [0.1, 0.15) is 0 Å². The van der Waals surface area contributed by atoms with Crippen molar-refractivity contribution in [2.45, 2.75) is 6.42 Å². The zero-order chi connectivity index (χ0) is 10.7. The van der Waals surface area contributed by atoms with E-state index in [1.165, 1.54) is 0 Å². The molecule has 0 unspecified atom stereocenters. The molecule has 1 aliphatic rings. The topological polar surface area (TPSA) is 77.8 Å². The minimum atomic E-state index is -1.24. The molecule has 6 heteroatoms. The quantitative estimate of drug-likeness (QED) is 0.652. The van der Waals surface area contributed by atoms with Gasteiger partial charge in [0.05, 0.1) is 11.1 Å². The van der Waals surface area contributed by atoms with Crippen LogP contribution >= 0.6 is 0 Å². The Labute approximate surface area is 78.7 Å². The van der Waals surface area contributed by atoms with Crippen LogP contribution in [0, 0.1) is 0 Å². The maximum absolute atomic E-state index is 12.2. The first-order valence-corrected chi connectivity index (χ1v) is 3.74. The van der Waals surface area contributed by atoms with E-state index >= 15 is 0 Å². The van der Waals surface area contributed by atoms with Crippen molar-refractivity contribution in [3.8, 4) is 0 Å². The summed E-state index contributed by atoms with van der Waals surface area (Å²) >= 11 is 0. The Kier molecular flexibility index (Phi) is 2.85. The predicted molar refractivity (Wildman–Crippen MR) is 43.9 cm³/mol.